The fourth-order valence-electron chi connectivity index (χ4n) is 0.943. The molecule has 0 heterocycles. The third-order valence-corrected chi connectivity index (χ3v) is 1.46. The van der Waals surface area contributed by atoms with Gasteiger partial charge in [-0.15, -0.1) is 0 Å². The molecule has 0 nitrogen and oxygen atoms in total. The van der Waals surface area contributed by atoms with Crippen molar-refractivity contribution in [3.63, 3.8) is 0 Å². The Morgan fingerprint density at radius 1 is 1.25 bits per heavy atom. The van der Waals surface area contributed by atoms with Crippen molar-refractivity contribution in [2.75, 3.05) is 0 Å². The largest absolute Gasteiger partial charge is 0.207 e. The van der Waals surface area contributed by atoms with Crippen molar-refractivity contribution in [1.82, 2.24) is 0 Å². The molecule has 0 aliphatic rings. The van der Waals surface area contributed by atoms with Crippen LogP contribution in [-0.2, 0) is 0 Å². The maximum absolute atomic E-state index is 12.9. The lowest BCUT2D eigenvalue weighted by molar-refractivity contribution is 0.575. The predicted molar refractivity (Wildman–Crippen MR) is 45.8 cm³/mol. The zero-order chi connectivity index (χ0) is 9.14. The Balaban J connectivity index is 3.60. The number of hydrogen-bond donors (Lipinski definition) is 0. The second-order valence-corrected chi connectivity index (χ2v) is 2.36. The van der Waals surface area contributed by atoms with Gasteiger partial charge in [0, 0.05) is 11.3 Å². The Hall–Kier alpha value is -1.44. The van der Waals surface area contributed by atoms with Crippen molar-refractivity contribution in [1.29, 1.82) is 0 Å². The Morgan fingerprint density at radius 3 is 2.42 bits per heavy atom. The van der Waals surface area contributed by atoms with Crippen LogP contribution in [0.4, 0.5) is 8.78 Å². The van der Waals surface area contributed by atoms with Crippen molar-refractivity contribution in [3.05, 3.63) is 46.9 Å². The first-order valence-electron chi connectivity index (χ1n) is 3.42. The minimum absolute atomic E-state index is 0.284. The number of allylic oxidation sites excluding steroid dienone is 1. The van der Waals surface area contributed by atoms with Crippen molar-refractivity contribution in [3.8, 4) is 0 Å². The normalized spacial score (nSPS) is 11.7. The second-order valence-electron chi connectivity index (χ2n) is 2.36. The average Bonchev–Trinajstić information content (AvgIpc) is 1.96. The minimum Gasteiger partial charge on any atom is -0.207 e. The number of benzene rings is 1. The van der Waals surface area contributed by atoms with Crippen molar-refractivity contribution >= 4 is 12.7 Å². The summed E-state index contributed by atoms with van der Waals surface area (Å²) < 4.78 is 25.5. The third-order valence-electron chi connectivity index (χ3n) is 1.46. The van der Waals surface area contributed by atoms with E-state index in [-0.39, 0.29) is 5.22 Å². The van der Waals surface area contributed by atoms with Gasteiger partial charge in [0.05, 0.1) is 0 Å². The van der Waals surface area contributed by atoms with Crippen LogP contribution in [-0.4, -0.2) is 0 Å². The zero-order valence-corrected chi connectivity index (χ0v) is 6.48. The smallest absolute Gasteiger partial charge is 0.133 e. The Morgan fingerprint density at radius 2 is 1.92 bits per heavy atom. The first kappa shape index (κ1) is 8.65. The third kappa shape index (κ3) is 1.59. The summed E-state index contributed by atoms with van der Waals surface area (Å²) in [6.07, 6.45) is 2.89. The molecule has 0 aliphatic carbocycles. The summed E-state index contributed by atoms with van der Waals surface area (Å²) in [7, 11) is 0. The fraction of sp³-hybridized carbons (Fsp3) is 0. The molecule has 0 atom stereocenters. The summed E-state index contributed by atoms with van der Waals surface area (Å²) in [6, 6.07) is 2.00. The molecule has 0 saturated heterocycles. The highest BCUT2D eigenvalue weighted by molar-refractivity contribution is 5.36. The van der Waals surface area contributed by atoms with Crippen molar-refractivity contribution in [2.45, 2.75) is 0 Å². The van der Waals surface area contributed by atoms with Gasteiger partial charge in [0.1, 0.15) is 11.6 Å². The van der Waals surface area contributed by atoms with Crippen LogP contribution in [0.15, 0.2) is 24.8 Å². The summed E-state index contributed by atoms with van der Waals surface area (Å²) in [5, 5.41) is 0.610. The maximum atomic E-state index is 12.9. The van der Waals surface area contributed by atoms with Crippen LogP contribution in [0.5, 0.6) is 0 Å². The maximum Gasteiger partial charge on any atom is 0.133 e. The predicted octanol–water partition coefficient (Wildman–Crippen LogP) is 1.34. The lowest BCUT2D eigenvalue weighted by atomic mass is 10.2. The van der Waals surface area contributed by atoms with Gasteiger partial charge in [-0.2, -0.15) is 0 Å². The second kappa shape index (κ2) is 3.30. The highest BCUT2D eigenvalue weighted by Crippen LogP contribution is 1.92. The van der Waals surface area contributed by atoms with E-state index in [0.717, 1.165) is 6.07 Å². The molecular formula is C10H8F2. The number of hydrogen-bond acceptors (Lipinski definition) is 0. The van der Waals surface area contributed by atoms with E-state index in [1.165, 1.54) is 18.2 Å². The molecule has 12 heavy (non-hydrogen) atoms. The van der Waals surface area contributed by atoms with Gasteiger partial charge < -0.3 is 0 Å². The van der Waals surface area contributed by atoms with Crippen LogP contribution < -0.4 is 10.4 Å². The zero-order valence-electron chi connectivity index (χ0n) is 6.48. The summed E-state index contributed by atoms with van der Waals surface area (Å²) in [5.41, 5.74) is 0. The molecule has 1 aromatic rings. The Kier molecular flexibility index (Phi) is 2.38. The number of rotatable bonds is 1. The van der Waals surface area contributed by atoms with E-state index in [4.69, 9.17) is 0 Å². The highest BCUT2D eigenvalue weighted by Gasteiger charge is 1.96. The SMILES string of the molecule is C=C/C=c1/c(F)cc(F)cc1=C. The molecule has 0 unspecified atom stereocenters. The van der Waals surface area contributed by atoms with E-state index >= 15 is 0 Å². The summed E-state index contributed by atoms with van der Waals surface area (Å²) in [5.74, 6) is -1.22. The van der Waals surface area contributed by atoms with Gasteiger partial charge in [-0.3, -0.25) is 0 Å². The fourth-order valence-corrected chi connectivity index (χ4v) is 0.943. The Bertz CT molecular complexity index is 405. The van der Waals surface area contributed by atoms with Gasteiger partial charge in [-0.25, -0.2) is 8.78 Å². The number of halogens is 2. The molecule has 1 aromatic carbocycles. The topological polar surface area (TPSA) is 0 Å². The molecule has 0 fully saturated rings. The molecular weight excluding hydrogens is 158 g/mol. The van der Waals surface area contributed by atoms with Crippen LogP contribution in [0.3, 0.4) is 0 Å². The van der Waals surface area contributed by atoms with Crippen LogP contribution >= 0.6 is 0 Å². The molecule has 0 aliphatic heterocycles. The lowest BCUT2D eigenvalue weighted by Crippen LogP contribution is -2.27. The molecule has 1 rings (SSSR count). The van der Waals surface area contributed by atoms with Gasteiger partial charge >= 0.3 is 0 Å². The summed E-state index contributed by atoms with van der Waals surface area (Å²) in [4.78, 5) is 0. The standard InChI is InChI=1S/C10H8F2/c1-3-4-9-7(2)5-8(11)6-10(9)12/h3-6H,1-2H2/b9-4+. The monoisotopic (exact) mass is 166 g/mol. The van der Waals surface area contributed by atoms with Crippen LogP contribution in [0.1, 0.15) is 0 Å². The van der Waals surface area contributed by atoms with Crippen LogP contribution in [0.2, 0.25) is 0 Å². The summed E-state index contributed by atoms with van der Waals surface area (Å²) in [6.45, 7) is 6.92. The van der Waals surface area contributed by atoms with Gasteiger partial charge in [-0.05, 0) is 11.3 Å². The molecule has 0 amide bonds. The first-order chi connectivity index (χ1) is 5.65. The van der Waals surface area contributed by atoms with Crippen LogP contribution in [0.25, 0.3) is 12.7 Å². The van der Waals surface area contributed by atoms with E-state index in [2.05, 4.69) is 13.2 Å². The van der Waals surface area contributed by atoms with Gasteiger partial charge in [0.2, 0.25) is 0 Å². The van der Waals surface area contributed by atoms with Gasteiger partial charge in [-0.1, -0.05) is 25.3 Å². The van der Waals surface area contributed by atoms with Crippen LogP contribution in [0, 0.1) is 11.6 Å². The Labute approximate surface area is 69.2 Å². The van der Waals surface area contributed by atoms with E-state index in [9.17, 15) is 8.78 Å². The molecule has 0 aromatic heterocycles. The van der Waals surface area contributed by atoms with Crippen molar-refractivity contribution in [2.24, 2.45) is 0 Å². The molecule has 62 valence electrons. The quantitative estimate of drug-likeness (QED) is 0.590. The molecule has 2 heteroatoms. The highest BCUT2D eigenvalue weighted by atomic mass is 19.1. The van der Waals surface area contributed by atoms with Crippen molar-refractivity contribution < 1.29 is 8.78 Å². The first-order valence-corrected chi connectivity index (χ1v) is 3.42. The summed E-state index contributed by atoms with van der Waals surface area (Å²) >= 11 is 0. The van der Waals surface area contributed by atoms with E-state index in [1.807, 2.05) is 0 Å². The molecule has 0 spiro atoms. The average molecular weight is 166 g/mol. The lowest BCUT2D eigenvalue weighted by Gasteiger charge is -1.92. The molecule has 0 radical (unpaired) electrons. The molecule has 0 bridgehead atoms. The molecule has 0 N–H and O–H groups in total. The van der Waals surface area contributed by atoms with Gasteiger partial charge in [0.15, 0.2) is 0 Å². The minimum atomic E-state index is -0.612. The van der Waals surface area contributed by atoms with Gasteiger partial charge in [0.25, 0.3) is 0 Å². The van der Waals surface area contributed by atoms with E-state index < -0.39 is 11.6 Å². The molecule has 0 saturated carbocycles. The van der Waals surface area contributed by atoms with E-state index in [0.29, 0.717) is 5.22 Å². The van der Waals surface area contributed by atoms with E-state index in [1.54, 1.807) is 0 Å².